The molecule has 2 N–H and O–H groups in total. The molecule has 1 unspecified atom stereocenters. The molecule has 1 heterocycles. The summed E-state index contributed by atoms with van der Waals surface area (Å²) in [5, 5.41) is 0. The molecule has 0 radical (unpaired) electrons. The molecule has 1 aliphatic rings. The number of rotatable bonds is 3. The fourth-order valence-corrected chi connectivity index (χ4v) is 3.89. The maximum atomic E-state index is 5.89. The molecule has 1 saturated heterocycles. The molecule has 2 nitrogen and oxygen atoms in total. The quantitative estimate of drug-likeness (QED) is 0.867. The zero-order valence-electron chi connectivity index (χ0n) is 11.9. The highest BCUT2D eigenvalue weighted by Crippen LogP contribution is 2.30. The summed E-state index contributed by atoms with van der Waals surface area (Å²) in [6.07, 6.45) is 0. The highest BCUT2D eigenvalue weighted by molar-refractivity contribution is 7.99. The van der Waals surface area contributed by atoms with Gasteiger partial charge in [-0.2, -0.15) is 11.8 Å². The normalized spacial score (nSPS) is 19.0. The first-order valence-electron chi connectivity index (χ1n) is 7.04. The van der Waals surface area contributed by atoms with Crippen LogP contribution in [-0.2, 0) is 6.54 Å². The molecule has 0 amide bonds. The standard InChI is InChI=1S/C17H20N2S.ClH/c18-16-8-4-5-14(11-16)12-19-9-10-20-13-17(19)15-6-2-1-3-7-15;/h1-8,11,17H,9-10,12-13,18H2;1H. The summed E-state index contributed by atoms with van der Waals surface area (Å²) >= 11 is 2.05. The SMILES string of the molecule is Cl.Nc1cccc(CN2CCSCC2c2ccccc2)c1. The second kappa shape index (κ2) is 7.74. The van der Waals surface area contributed by atoms with E-state index in [1.165, 1.54) is 22.6 Å². The predicted molar refractivity (Wildman–Crippen MR) is 95.0 cm³/mol. The number of nitrogens with two attached hydrogens (primary N) is 1. The van der Waals surface area contributed by atoms with Crippen LogP contribution in [0.4, 0.5) is 5.69 Å². The molecule has 0 aliphatic carbocycles. The molecule has 4 heteroatoms. The minimum atomic E-state index is 0. The molecule has 0 bridgehead atoms. The van der Waals surface area contributed by atoms with Crippen molar-refractivity contribution in [2.24, 2.45) is 0 Å². The molecule has 1 aliphatic heterocycles. The molecule has 0 saturated carbocycles. The summed E-state index contributed by atoms with van der Waals surface area (Å²) in [4.78, 5) is 2.57. The lowest BCUT2D eigenvalue weighted by Gasteiger charge is -2.35. The highest BCUT2D eigenvalue weighted by Gasteiger charge is 2.24. The fourth-order valence-electron chi connectivity index (χ4n) is 2.74. The van der Waals surface area contributed by atoms with Crippen LogP contribution < -0.4 is 5.73 Å². The van der Waals surface area contributed by atoms with Gasteiger partial charge in [-0.05, 0) is 23.3 Å². The van der Waals surface area contributed by atoms with Crippen LogP contribution in [0.5, 0.6) is 0 Å². The van der Waals surface area contributed by atoms with E-state index in [2.05, 4.69) is 47.4 Å². The van der Waals surface area contributed by atoms with E-state index in [-0.39, 0.29) is 12.4 Å². The third kappa shape index (κ3) is 4.16. The molecular formula is C17H21ClN2S. The Labute approximate surface area is 137 Å². The molecule has 1 atom stereocenters. The molecular weight excluding hydrogens is 300 g/mol. The summed E-state index contributed by atoms with van der Waals surface area (Å²) in [5.41, 5.74) is 9.46. The molecule has 21 heavy (non-hydrogen) atoms. The number of nitrogen functional groups attached to an aromatic ring is 1. The Morgan fingerprint density at radius 1 is 1.10 bits per heavy atom. The van der Waals surface area contributed by atoms with Gasteiger partial charge in [-0.15, -0.1) is 12.4 Å². The Bertz CT molecular complexity index is 562. The number of benzene rings is 2. The second-order valence-electron chi connectivity index (χ2n) is 5.22. The Morgan fingerprint density at radius 3 is 2.67 bits per heavy atom. The van der Waals surface area contributed by atoms with E-state index in [1.54, 1.807) is 0 Å². The maximum absolute atomic E-state index is 5.89. The Kier molecular flexibility index (Phi) is 5.97. The zero-order valence-corrected chi connectivity index (χ0v) is 13.6. The van der Waals surface area contributed by atoms with E-state index >= 15 is 0 Å². The molecule has 3 rings (SSSR count). The smallest absolute Gasteiger partial charge is 0.0442 e. The average Bonchev–Trinajstić information content (AvgIpc) is 2.49. The van der Waals surface area contributed by atoms with Crippen LogP contribution in [0, 0.1) is 0 Å². The van der Waals surface area contributed by atoms with Gasteiger partial charge in [0.05, 0.1) is 0 Å². The van der Waals surface area contributed by atoms with E-state index in [1.807, 2.05) is 23.9 Å². The fraction of sp³-hybridized carbons (Fsp3) is 0.294. The summed E-state index contributed by atoms with van der Waals surface area (Å²) in [5.74, 6) is 2.39. The van der Waals surface area contributed by atoms with E-state index < -0.39 is 0 Å². The van der Waals surface area contributed by atoms with Crippen molar-refractivity contribution < 1.29 is 0 Å². The van der Waals surface area contributed by atoms with Gasteiger partial charge in [-0.1, -0.05) is 42.5 Å². The summed E-state index contributed by atoms with van der Waals surface area (Å²) < 4.78 is 0. The minimum absolute atomic E-state index is 0. The van der Waals surface area contributed by atoms with Crippen molar-refractivity contribution in [3.63, 3.8) is 0 Å². The van der Waals surface area contributed by atoms with Crippen molar-refractivity contribution in [1.82, 2.24) is 4.90 Å². The first-order valence-corrected chi connectivity index (χ1v) is 8.19. The summed E-state index contributed by atoms with van der Waals surface area (Å²) in [6.45, 7) is 2.12. The largest absolute Gasteiger partial charge is 0.399 e. The number of hydrogen-bond acceptors (Lipinski definition) is 3. The summed E-state index contributed by atoms with van der Waals surface area (Å²) in [7, 11) is 0. The molecule has 0 spiro atoms. The van der Waals surface area contributed by atoms with Gasteiger partial charge >= 0.3 is 0 Å². The van der Waals surface area contributed by atoms with Crippen LogP contribution in [0.3, 0.4) is 0 Å². The van der Waals surface area contributed by atoms with Crippen LogP contribution in [0.15, 0.2) is 54.6 Å². The van der Waals surface area contributed by atoms with Crippen LogP contribution in [0.25, 0.3) is 0 Å². The minimum Gasteiger partial charge on any atom is -0.399 e. The zero-order chi connectivity index (χ0) is 13.8. The number of nitrogens with zero attached hydrogens (tertiary/aromatic N) is 1. The second-order valence-corrected chi connectivity index (χ2v) is 6.37. The number of hydrogen-bond donors (Lipinski definition) is 1. The van der Waals surface area contributed by atoms with Gasteiger partial charge in [0.25, 0.3) is 0 Å². The van der Waals surface area contributed by atoms with E-state index in [0.717, 1.165) is 18.8 Å². The molecule has 0 aromatic heterocycles. The lowest BCUT2D eigenvalue weighted by molar-refractivity contribution is 0.212. The van der Waals surface area contributed by atoms with E-state index in [0.29, 0.717) is 6.04 Å². The van der Waals surface area contributed by atoms with Crippen molar-refractivity contribution >= 4 is 29.9 Å². The van der Waals surface area contributed by atoms with E-state index in [4.69, 9.17) is 5.73 Å². The topological polar surface area (TPSA) is 29.3 Å². The van der Waals surface area contributed by atoms with Crippen LogP contribution in [-0.4, -0.2) is 23.0 Å². The van der Waals surface area contributed by atoms with Gasteiger partial charge in [-0.25, -0.2) is 0 Å². The van der Waals surface area contributed by atoms with Crippen LogP contribution >= 0.6 is 24.2 Å². The average molecular weight is 321 g/mol. The first kappa shape index (κ1) is 16.2. The molecule has 2 aromatic carbocycles. The van der Waals surface area contributed by atoms with Crippen molar-refractivity contribution in [2.75, 3.05) is 23.8 Å². The first-order chi connectivity index (χ1) is 9.83. The number of anilines is 1. The highest BCUT2D eigenvalue weighted by atomic mass is 35.5. The van der Waals surface area contributed by atoms with Crippen molar-refractivity contribution in [1.29, 1.82) is 0 Å². The molecule has 2 aromatic rings. The lowest BCUT2D eigenvalue weighted by Crippen LogP contribution is -2.35. The third-order valence-electron chi connectivity index (χ3n) is 3.76. The molecule has 112 valence electrons. The van der Waals surface area contributed by atoms with Gasteiger partial charge in [0.2, 0.25) is 0 Å². The van der Waals surface area contributed by atoms with Gasteiger partial charge in [-0.3, -0.25) is 4.90 Å². The van der Waals surface area contributed by atoms with Gasteiger partial charge < -0.3 is 5.73 Å². The van der Waals surface area contributed by atoms with Gasteiger partial charge in [0, 0.05) is 36.3 Å². The van der Waals surface area contributed by atoms with Crippen molar-refractivity contribution in [2.45, 2.75) is 12.6 Å². The van der Waals surface area contributed by atoms with Gasteiger partial charge in [0.1, 0.15) is 0 Å². The third-order valence-corrected chi connectivity index (χ3v) is 4.78. The Hall–Kier alpha value is -1.16. The van der Waals surface area contributed by atoms with E-state index in [9.17, 15) is 0 Å². The number of thioether (sulfide) groups is 1. The monoisotopic (exact) mass is 320 g/mol. The van der Waals surface area contributed by atoms with Crippen molar-refractivity contribution in [3.05, 3.63) is 65.7 Å². The maximum Gasteiger partial charge on any atom is 0.0442 e. The number of halogens is 1. The predicted octanol–water partition coefficient (Wildman–Crippen LogP) is 3.98. The van der Waals surface area contributed by atoms with Crippen LogP contribution in [0.1, 0.15) is 17.2 Å². The van der Waals surface area contributed by atoms with Crippen molar-refractivity contribution in [3.8, 4) is 0 Å². The van der Waals surface area contributed by atoms with Crippen LogP contribution in [0.2, 0.25) is 0 Å². The molecule has 1 fully saturated rings. The summed E-state index contributed by atoms with van der Waals surface area (Å²) in [6, 6.07) is 19.6. The van der Waals surface area contributed by atoms with Gasteiger partial charge in [0.15, 0.2) is 0 Å². The Morgan fingerprint density at radius 2 is 1.90 bits per heavy atom. The Balaban J connectivity index is 0.00000161. The lowest BCUT2D eigenvalue weighted by atomic mass is 10.1.